The summed E-state index contributed by atoms with van der Waals surface area (Å²) in [5, 5.41) is 0. The molecule has 7 nitrogen and oxygen atoms in total. The molecule has 1 aromatic rings. The van der Waals surface area contributed by atoms with Gasteiger partial charge in [-0.25, -0.2) is 5.84 Å². The molecular weight excluding hydrogens is 262 g/mol. The minimum absolute atomic E-state index is 0.0847. The first kappa shape index (κ1) is 15.8. The van der Waals surface area contributed by atoms with Gasteiger partial charge in [-0.05, 0) is 26.0 Å². The summed E-state index contributed by atoms with van der Waals surface area (Å²) in [5.74, 6) is 4.99. The van der Waals surface area contributed by atoms with Crippen molar-refractivity contribution in [2.45, 2.75) is 13.8 Å². The summed E-state index contributed by atoms with van der Waals surface area (Å²) in [6.45, 7) is 3.45. The summed E-state index contributed by atoms with van der Waals surface area (Å²) in [7, 11) is 1.47. The molecule has 2 amide bonds. The molecule has 0 heterocycles. The fourth-order valence-corrected chi connectivity index (χ4v) is 1.44. The van der Waals surface area contributed by atoms with Gasteiger partial charge < -0.3 is 15.2 Å². The third-order valence-electron chi connectivity index (χ3n) is 2.75. The van der Waals surface area contributed by atoms with Gasteiger partial charge in [0.25, 0.3) is 0 Å². The second-order valence-corrected chi connectivity index (χ2v) is 4.91. The molecule has 0 bridgehead atoms. The summed E-state index contributed by atoms with van der Waals surface area (Å²) < 4.78 is 10.6. The van der Waals surface area contributed by atoms with Crippen molar-refractivity contribution in [3.63, 3.8) is 0 Å². The van der Waals surface area contributed by atoms with Crippen molar-refractivity contribution in [3.8, 4) is 11.5 Å². The summed E-state index contributed by atoms with van der Waals surface area (Å²) in [4.78, 5) is 22.7. The Labute approximate surface area is 117 Å². The highest BCUT2D eigenvalue weighted by Crippen LogP contribution is 2.25. The molecule has 110 valence electrons. The van der Waals surface area contributed by atoms with Gasteiger partial charge in [0.05, 0.1) is 12.5 Å². The number of carbonyl (C=O) groups is 2. The minimum atomic E-state index is -0.815. The summed E-state index contributed by atoms with van der Waals surface area (Å²) in [6.07, 6.45) is 0. The molecule has 0 atom stereocenters. The molecule has 0 saturated heterocycles. The van der Waals surface area contributed by atoms with Crippen LogP contribution in [-0.4, -0.2) is 25.5 Å². The average molecular weight is 281 g/mol. The van der Waals surface area contributed by atoms with Crippen molar-refractivity contribution in [2.24, 2.45) is 17.0 Å². The zero-order chi connectivity index (χ0) is 15.3. The maximum absolute atomic E-state index is 11.5. The van der Waals surface area contributed by atoms with Crippen molar-refractivity contribution >= 4 is 11.8 Å². The van der Waals surface area contributed by atoms with Crippen LogP contribution >= 0.6 is 0 Å². The number of ether oxygens (including phenoxy) is 2. The van der Waals surface area contributed by atoms with Crippen LogP contribution in [0.3, 0.4) is 0 Å². The Balaban J connectivity index is 2.90. The lowest BCUT2D eigenvalue weighted by Gasteiger charge is -2.22. The van der Waals surface area contributed by atoms with E-state index in [4.69, 9.17) is 21.1 Å². The summed E-state index contributed by atoms with van der Waals surface area (Å²) in [5.41, 5.74) is 6.75. The van der Waals surface area contributed by atoms with Gasteiger partial charge in [-0.2, -0.15) is 0 Å². The van der Waals surface area contributed by atoms with E-state index in [-0.39, 0.29) is 18.1 Å². The van der Waals surface area contributed by atoms with E-state index in [0.717, 1.165) is 0 Å². The molecular formula is C13H19N3O4. The number of amides is 2. The molecule has 0 fully saturated rings. The first-order valence-electron chi connectivity index (χ1n) is 5.93. The molecule has 0 aromatic heterocycles. The van der Waals surface area contributed by atoms with Crippen LogP contribution in [0.5, 0.6) is 11.5 Å². The molecule has 7 heteroatoms. The van der Waals surface area contributed by atoms with E-state index >= 15 is 0 Å². The Bertz CT molecular complexity index is 514. The number of rotatable bonds is 6. The first-order chi connectivity index (χ1) is 9.30. The van der Waals surface area contributed by atoms with Crippen LogP contribution in [0.25, 0.3) is 0 Å². The fourth-order valence-electron chi connectivity index (χ4n) is 1.44. The fraction of sp³-hybridized carbons (Fsp3) is 0.385. The Morgan fingerprint density at radius 2 is 1.85 bits per heavy atom. The highest BCUT2D eigenvalue weighted by Gasteiger charge is 2.28. The Kier molecular flexibility index (Phi) is 4.93. The van der Waals surface area contributed by atoms with Crippen molar-refractivity contribution < 1.29 is 19.1 Å². The van der Waals surface area contributed by atoms with Gasteiger partial charge in [-0.1, -0.05) is 0 Å². The lowest BCUT2D eigenvalue weighted by Crippen LogP contribution is -2.44. The van der Waals surface area contributed by atoms with Gasteiger partial charge in [0, 0.05) is 11.6 Å². The zero-order valence-electron chi connectivity index (χ0n) is 11.7. The molecule has 0 radical (unpaired) electrons. The van der Waals surface area contributed by atoms with Crippen LogP contribution in [0, 0.1) is 5.41 Å². The number of nitrogens with one attached hydrogen (secondary N) is 1. The number of benzene rings is 1. The van der Waals surface area contributed by atoms with Crippen molar-refractivity contribution in [1.82, 2.24) is 5.43 Å². The van der Waals surface area contributed by atoms with E-state index in [1.807, 2.05) is 0 Å². The average Bonchev–Trinajstić information content (AvgIpc) is 2.43. The van der Waals surface area contributed by atoms with E-state index in [2.05, 4.69) is 5.43 Å². The number of primary amides is 1. The molecule has 0 aliphatic rings. The lowest BCUT2D eigenvalue weighted by atomic mass is 9.94. The van der Waals surface area contributed by atoms with Crippen molar-refractivity contribution in [3.05, 3.63) is 23.8 Å². The smallest absolute Gasteiger partial charge is 0.248 e. The second kappa shape index (κ2) is 6.25. The van der Waals surface area contributed by atoms with Gasteiger partial charge in [-0.3, -0.25) is 15.0 Å². The summed E-state index contributed by atoms with van der Waals surface area (Å²) >= 11 is 0. The molecule has 1 aromatic carbocycles. The highest BCUT2D eigenvalue weighted by molar-refractivity contribution is 5.93. The van der Waals surface area contributed by atoms with Gasteiger partial charge in [0.2, 0.25) is 11.8 Å². The number of hydrogen-bond acceptors (Lipinski definition) is 5. The second-order valence-electron chi connectivity index (χ2n) is 4.91. The normalized spacial score (nSPS) is 10.8. The van der Waals surface area contributed by atoms with Gasteiger partial charge in [0.1, 0.15) is 18.1 Å². The molecule has 0 unspecified atom stereocenters. The Morgan fingerprint density at radius 1 is 1.25 bits per heavy atom. The number of hydrazine groups is 1. The van der Waals surface area contributed by atoms with Crippen LogP contribution in [-0.2, 0) is 4.79 Å². The lowest BCUT2D eigenvalue weighted by molar-refractivity contribution is -0.130. The Morgan fingerprint density at radius 3 is 2.35 bits per heavy atom. The van der Waals surface area contributed by atoms with Crippen LogP contribution in [0.1, 0.15) is 24.2 Å². The molecule has 1 rings (SSSR count). The van der Waals surface area contributed by atoms with Gasteiger partial charge >= 0.3 is 0 Å². The first-order valence-corrected chi connectivity index (χ1v) is 5.93. The molecule has 0 aliphatic heterocycles. The molecule has 0 aliphatic carbocycles. The maximum atomic E-state index is 11.5. The van der Waals surface area contributed by atoms with Crippen molar-refractivity contribution in [2.75, 3.05) is 13.7 Å². The molecule has 0 spiro atoms. The maximum Gasteiger partial charge on any atom is 0.248 e. The van der Waals surface area contributed by atoms with Crippen molar-refractivity contribution in [1.29, 1.82) is 0 Å². The predicted octanol–water partition coefficient (Wildman–Crippen LogP) is 0.189. The SMILES string of the molecule is COc1cc(OCC(C)(C)C(=O)NN)cc(C(N)=O)c1. The number of carbonyl (C=O) groups excluding carboxylic acids is 2. The zero-order valence-corrected chi connectivity index (χ0v) is 11.7. The van der Waals surface area contributed by atoms with Gasteiger partial charge in [-0.15, -0.1) is 0 Å². The van der Waals surface area contributed by atoms with E-state index < -0.39 is 11.3 Å². The topological polar surface area (TPSA) is 117 Å². The third kappa shape index (κ3) is 3.86. The number of nitrogens with two attached hydrogens (primary N) is 2. The number of hydrogen-bond donors (Lipinski definition) is 3. The van der Waals surface area contributed by atoms with Gasteiger partial charge in [0.15, 0.2) is 0 Å². The minimum Gasteiger partial charge on any atom is -0.497 e. The summed E-state index contributed by atoms with van der Waals surface area (Å²) in [6, 6.07) is 4.59. The van der Waals surface area contributed by atoms with Crippen LogP contribution in [0.15, 0.2) is 18.2 Å². The predicted molar refractivity (Wildman–Crippen MR) is 73.1 cm³/mol. The highest BCUT2D eigenvalue weighted by atomic mass is 16.5. The Hall–Kier alpha value is -2.28. The number of methoxy groups -OCH3 is 1. The molecule has 0 saturated carbocycles. The van der Waals surface area contributed by atoms with E-state index in [9.17, 15) is 9.59 Å². The molecule has 5 N–H and O–H groups in total. The van der Waals surface area contributed by atoms with E-state index in [1.54, 1.807) is 19.9 Å². The van der Waals surface area contributed by atoms with E-state index in [0.29, 0.717) is 11.5 Å². The van der Waals surface area contributed by atoms with Crippen LogP contribution in [0.4, 0.5) is 0 Å². The van der Waals surface area contributed by atoms with Crippen LogP contribution in [0.2, 0.25) is 0 Å². The standard InChI is InChI=1S/C13H19N3O4/c1-13(2,12(18)16-15)7-20-10-5-8(11(14)17)4-9(6-10)19-3/h4-6H,7,15H2,1-3H3,(H2,14,17)(H,16,18). The monoisotopic (exact) mass is 281 g/mol. The third-order valence-corrected chi connectivity index (χ3v) is 2.75. The largest absolute Gasteiger partial charge is 0.497 e. The van der Waals surface area contributed by atoms with E-state index in [1.165, 1.54) is 19.2 Å². The quantitative estimate of drug-likeness (QED) is 0.391. The van der Waals surface area contributed by atoms with Crippen LogP contribution < -0.4 is 26.5 Å². The molecule has 20 heavy (non-hydrogen) atoms.